The maximum absolute atomic E-state index is 11.0. The summed E-state index contributed by atoms with van der Waals surface area (Å²) < 4.78 is 26.4. The minimum Gasteiger partial charge on any atom is -0.310 e. The van der Waals surface area contributed by atoms with E-state index >= 15 is 0 Å². The largest absolute Gasteiger partial charge is 0.310 e. The third-order valence-corrected chi connectivity index (χ3v) is 3.73. The number of sulfonamides is 1. The van der Waals surface area contributed by atoms with Crippen molar-refractivity contribution in [1.82, 2.24) is 19.6 Å². The van der Waals surface area contributed by atoms with Crippen molar-refractivity contribution < 1.29 is 8.42 Å². The van der Waals surface area contributed by atoms with Crippen molar-refractivity contribution in [3.8, 4) is 5.69 Å². The zero-order valence-electron chi connectivity index (χ0n) is 12.2. The summed E-state index contributed by atoms with van der Waals surface area (Å²) in [6, 6.07) is 10.0. The summed E-state index contributed by atoms with van der Waals surface area (Å²) in [5.41, 5.74) is 2.11. The molecule has 0 unspecified atom stereocenters. The number of hydrogen-bond acceptors (Lipinski definition) is 4. The van der Waals surface area contributed by atoms with Crippen LogP contribution in [0, 0.1) is 6.92 Å². The summed E-state index contributed by atoms with van der Waals surface area (Å²) in [7, 11) is -3.12. The minimum absolute atomic E-state index is 0.372. The number of aromatic nitrogens is 2. The second-order valence-electron chi connectivity index (χ2n) is 4.81. The van der Waals surface area contributed by atoms with Crippen molar-refractivity contribution in [2.45, 2.75) is 13.5 Å². The first-order chi connectivity index (χ1) is 9.97. The number of aryl methyl sites for hydroxylation is 1. The van der Waals surface area contributed by atoms with Crippen molar-refractivity contribution in [2.75, 3.05) is 19.3 Å². The highest BCUT2D eigenvalue weighted by Gasteiger charge is 2.08. The van der Waals surface area contributed by atoms with Gasteiger partial charge in [0.2, 0.25) is 10.0 Å². The molecule has 1 aromatic carbocycles. The zero-order valence-corrected chi connectivity index (χ0v) is 13.0. The molecule has 0 aliphatic carbocycles. The van der Waals surface area contributed by atoms with Gasteiger partial charge in [-0.05, 0) is 19.1 Å². The number of para-hydroxylation sites is 1. The van der Waals surface area contributed by atoms with Gasteiger partial charge < -0.3 is 5.32 Å². The summed E-state index contributed by atoms with van der Waals surface area (Å²) in [5, 5.41) is 3.21. The van der Waals surface area contributed by atoms with Crippen LogP contribution in [0.5, 0.6) is 0 Å². The van der Waals surface area contributed by atoms with Crippen LogP contribution in [0.1, 0.15) is 11.5 Å². The number of hydrogen-bond donors (Lipinski definition) is 2. The van der Waals surface area contributed by atoms with E-state index in [4.69, 9.17) is 0 Å². The summed E-state index contributed by atoms with van der Waals surface area (Å²) in [4.78, 5) is 4.34. The smallest absolute Gasteiger partial charge is 0.208 e. The Balaban J connectivity index is 1.96. The molecule has 0 aliphatic heterocycles. The molecule has 0 fully saturated rings. The number of rotatable bonds is 7. The van der Waals surface area contributed by atoms with Gasteiger partial charge in [0.25, 0.3) is 0 Å². The molecular formula is C14H20N4O2S. The Kier molecular flexibility index (Phi) is 5.11. The van der Waals surface area contributed by atoms with Gasteiger partial charge in [0, 0.05) is 25.3 Å². The monoisotopic (exact) mass is 308 g/mol. The van der Waals surface area contributed by atoms with Crippen molar-refractivity contribution in [3.05, 3.63) is 48.0 Å². The van der Waals surface area contributed by atoms with Gasteiger partial charge in [-0.15, -0.1) is 0 Å². The normalized spacial score (nSPS) is 11.7. The zero-order chi connectivity index (χ0) is 15.3. The lowest BCUT2D eigenvalue weighted by Gasteiger charge is -2.11. The fourth-order valence-corrected chi connectivity index (χ4v) is 2.56. The SMILES string of the molecule is Cc1ncc(CNCCNS(C)(=O)=O)n1-c1ccccc1. The van der Waals surface area contributed by atoms with Crippen LogP contribution in [-0.2, 0) is 16.6 Å². The van der Waals surface area contributed by atoms with E-state index < -0.39 is 10.0 Å². The third-order valence-electron chi connectivity index (χ3n) is 3.00. The molecule has 0 saturated carbocycles. The lowest BCUT2D eigenvalue weighted by molar-refractivity contribution is 0.580. The quantitative estimate of drug-likeness (QED) is 0.743. The summed E-state index contributed by atoms with van der Waals surface area (Å²) >= 11 is 0. The van der Waals surface area contributed by atoms with Gasteiger partial charge in [-0.25, -0.2) is 18.1 Å². The molecule has 2 rings (SSSR count). The highest BCUT2D eigenvalue weighted by molar-refractivity contribution is 7.88. The molecule has 1 aromatic heterocycles. The van der Waals surface area contributed by atoms with Gasteiger partial charge in [-0.1, -0.05) is 18.2 Å². The highest BCUT2D eigenvalue weighted by Crippen LogP contribution is 2.14. The molecule has 0 spiro atoms. The standard InChI is InChI=1S/C14H20N4O2S/c1-12-16-11-14(10-15-8-9-17-21(2,19)20)18(12)13-6-4-3-5-7-13/h3-7,11,15,17H,8-10H2,1-2H3. The molecule has 0 radical (unpaired) electrons. The first-order valence-corrected chi connectivity index (χ1v) is 8.60. The van der Waals surface area contributed by atoms with E-state index in [0.717, 1.165) is 23.5 Å². The maximum atomic E-state index is 11.0. The van der Waals surface area contributed by atoms with E-state index in [2.05, 4.69) is 19.6 Å². The Morgan fingerprint density at radius 3 is 2.57 bits per heavy atom. The van der Waals surface area contributed by atoms with Gasteiger partial charge in [-0.2, -0.15) is 0 Å². The lowest BCUT2D eigenvalue weighted by Crippen LogP contribution is -2.31. The predicted molar refractivity (Wildman–Crippen MR) is 82.9 cm³/mol. The molecule has 0 amide bonds. The van der Waals surface area contributed by atoms with E-state index in [1.807, 2.05) is 43.5 Å². The molecule has 0 aliphatic rings. The molecule has 0 saturated heterocycles. The van der Waals surface area contributed by atoms with Crippen LogP contribution in [0.15, 0.2) is 36.5 Å². The van der Waals surface area contributed by atoms with Gasteiger partial charge in [-0.3, -0.25) is 4.57 Å². The van der Waals surface area contributed by atoms with Crippen molar-refractivity contribution in [3.63, 3.8) is 0 Å². The summed E-state index contributed by atoms with van der Waals surface area (Å²) in [6.45, 7) is 3.52. The van der Waals surface area contributed by atoms with Crippen LogP contribution < -0.4 is 10.0 Å². The summed E-state index contributed by atoms with van der Waals surface area (Å²) in [5.74, 6) is 0.923. The minimum atomic E-state index is -3.12. The van der Waals surface area contributed by atoms with Crippen LogP contribution in [0.3, 0.4) is 0 Å². The molecule has 21 heavy (non-hydrogen) atoms. The van der Waals surface area contributed by atoms with E-state index in [9.17, 15) is 8.42 Å². The van der Waals surface area contributed by atoms with Gasteiger partial charge >= 0.3 is 0 Å². The van der Waals surface area contributed by atoms with Crippen LogP contribution in [0.25, 0.3) is 5.69 Å². The number of nitrogens with zero attached hydrogens (tertiary/aromatic N) is 2. The van der Waals surface area contributed by atoms with E-state index in [1.165, 1.54) is 0 Å². The van der Waals surface area contributed by atoms with Crippen molar-refractivity contribution in [1.29, 1.82) is 0 Å². The Bertz CT molecular complexity index is 680. The van der Waals surface area contributed by atoms with Gasteiger partial charge in [0.05, 0.1) is 18.1 Å². The van der Waals surface area contributed by atoms with Crippen molar-refractivity contribution in [2.24, 2.45) is 0 Å². The van der Waals surface area contributed by atoms with E-state index in [0.29, 0.717) is 19.6 Å². The number of nitrogens with one attached hydrogen (secondary N) is 2. The average Bonchev–Trinajstić information content (AvgIpc) is 2.79. The van der Waals surface area contributed by atoms with Gasteiger partial charge in [0.15, 0.2) is 0 Å². The first-order valence-electron chi connectivity index (χ1n) is 6.71. The number of benzene rings is 1. The first kappa shape index (κ1) is 15.7. The Labute approximate surface area is 125 Å². The molecule has 0 atom stereocenters. The topological polar surface area (TPSA) is 76.0 Å². The van der Waals surface area contributed by atoms with Crippen LogP contribution in [0.2, 0.25) is 0 Å². The fraction of sp³-hybridized carbons (Fsp3) is 0.357. The summed E-state index contributed by atoms with van der Waals surface area (Å²) in [6.07, 6.45) is 2.99. The molecule has 114 valence electrons. The molecule has 2 N–H and O–H groups in total. The predicted octanol–water partition coefficient (Wildman–Crippen LogP) is 0.820. The number of imidazole rings is 1. The molecule has 1 heterocycles. The Hall–Kier alpha value is -1.70. The van der Waals surface area contributed by atoms with E-state index in [-0.39, 0.29) is 0 Å². The Morgan fingerprint density at radius 1 is 1.19 bits per heavy atom. The maximum Gasteiger partial charge on any atom is 0.208 e. The second kappa shape index (κ2) is 6.84. The van der Waals surface area contributed by atoms with Crippen molar-refractivity contribution >= 4 is 10.0 Å². The molecule has 6 nitrogen and oxygen atoms in total. The lowest BCUT2D eigenvalue weighted by atomic mass is 10.3. The van der Waals surface area contributed by atoms with E-state index in [1.54, 1.807) is 0 Å². The average molecular weight is 308 g/mol. The third kappa shape index (κ3) is 4.66. The molecule has 2 aromatic rings. The Morgan fingerprint density at radius 2 is 1.90 bits per heavy atom. The molecule has 7 heteroatoms. The van der Waals surface area contributed by atoms with Crippen LogP contribution >= 0.6 is 0 Å². The van der Waals surface area contributed by atoms with Gasteiger partial charge in [0.1, 0.15) is 5.82 Å². The molecular weight excluding hydrogens is 288 g/mol. The highest BCUT2D eigenvalue weighted by atomic mass is 32.2. The second-order valence-corrected chi connectivity index (χ2v) is 6.64. The van der Waals surface area contributed by atoms with Crippen LogP contribution in [0.4, 0.5) is 0 Å². The molecule has 0 bridgehead atoms. The van der Waals surface area contributed by atoms with Crippen LogP contribution in [-0.4, -0.2) is 37.3 Å². The fourth-order valence-electron chi connectivity index (χ4n) is 2.09.